The molecule has 0 radical (unpaired) electrons. The Balaban J connectivity index is 1.69. The molecule has 2 aromatic heterocycles. The Kier molecular flexibility index (Phi) is 3.17. The van der Waals surface area contributed by atoms with Crippen molar-refractivity contribution in [2.24, 2.45) is 0 Å². The first-order valence-corrected chi connectivity index (χ1v) is 6.83. The van der Waals surface area contributed by atoms with Crippen LogP contribution in [0.1, 0.15) is 36.0 Å². The minimum absolute atomic E-state index is 0.0949. The van der Waals surface area contributed by atoms with E-state index in [2.05, 4.69) is 20.6 Å². The molecule has 0 aromatic carbocycles. The molecule has 0 saturated heterocycles. The summed E-state index contributed by atoms with van der Waals surface area (Å²) in [5.41, 5.74) is 0. The van der Waals surface area contributed by atoms with E-state index < -0.39 is 12.7 Å². The van der Waals surface area contributed by atoms with E-state index in [4.69, 9.17) is 0 Å². The molecule has 9 heteroatoms. The second kappa shape index (κ2) is 4.71. The Morgan fingerprint density at radius 2 is 2.11 bits per heavy atom. The van der Waals surface area contributed by atoms with Crippen molar-refractivity contribution < 1.29 is 13.2 Å². The number of nitrogens with zero attached hydrogens (tertiary/aromatic N) is 4. The molecule has 0 spiro atoms. The van der Waals surface area contributed by atoms with Gasteiger partial charge in [-0.1, -0.05) is 17.8 Å². The Bertz CT molecular complexity index is 571. The molecule has 3 rings (SSSR count). The topological polar surface area (TPSA) is 55.1 Å². The fourth-order valence-electron chi connectivity index (χ4n) is 1.98. The van der Waals surface area contributed by atoms with Crippen LogP contribution in [0.2, 0.25) is 0 Å². The van der Waals surface area contributed by atoms with Crippen molar-refractivity contribution in [3.05, 3.63) is 10.8 Å². The molecule has 0 bridgehead atoms. The van der Waals surface area contributed by atoms with E-state index in [-0.39, 0.29) is 6.54 Å². The molecule has 5 nitrogen and oxygen atoms in total. The molecule has 1 N–H and O–H groups in total. The van der Waals surface area contributed by atoms with E-state index in [0.29, 0.717) is 15.9 Å². The maximum Gasteiger partial charge on any atom is 0.401 e. The average molecular weight is 291 g/mol. The summed E-state index contributed by atoms with van der Waals surface area (Å²) < 4.78 is 37.7. The number of aromatic nitrogens is 4. The third-order valence-electron chi connectivity index (χ3n) is 3.13. The number of alkyl halides is 3. The molecule has 1 saturated carbocycles. The van der Waals surface area contributed by atoms with Crippen LogP contribution in [0, 0.1) is 0 Å². The van der Waals surface area contributed by atoms with Gasteiger partial charge in [0.15, 0.2) is 5.82 Å². The first-order chi connectivity index (χ1) is 9.03. The van der Waals surface area contributed by atoms with Crippen LogP contribution in [-0.2, 0) is 6.54 Å². The van der Waals surface area contributed by atoms with Crippen molar-refractivity contribution in [3.63, 3.8) is 0 Å². The summed E-state index contributed by atoms with van der Waals surface area (Å²) in [6, 6.07) is 0. The summed E-state index contributed by atoms with van der Waals surface area (Å²) in [6.07, 6.45) is -0.847. The smallest absolute Gasteiger partial charge is 0.302 e. The van der Waals surface area contributed by atoms with Crippen molar-refractivity contribution >= 4 is 16.3 Å². The van der Waals surface area contributed by atoms with Crippen molar-refractivity contribution in [2.75, 3.05) is 6.54 Å². The lowest BCUT2D eigenvalue weighted by atomic mass is 9.85. The van der Waals surface area contributed by atoms with Gasteiger partial charge in [-0.15, -0.1) is 10.2 Å². The molecule has 0 amide bonds. The third-order valence-corrected chi connectivity index (χ3v) is 4.03. The Hall–Kier alpha value is -1.22. The zero-order valence-electron chi connectivity index (χ0n) is 9.94. The fraction of sp³-hybridized carbons (Fsp3) is 0.700. The highest BCUT2D eigenvalue weighted by atomic mass is 32.1. The van der Waals surface area contributed by atoms with Crippen LogP contribution in [0.4, 0.5) is 13.2 Å². The fourth-order valence-corrected chi connectivity index (χ4v) is 2.79. The highest BCUT2D eigenvalue weighted by Gasteiger charge is 2.27. The molecule has 0 atom stereocenters. The average Bonchev–Trinajstić information content (AvgIpc) is 2.76. The summed E-state index contributed by atoms with van der Waals surface area (Å²) in [7, 11) is 0. The monoisotopic (exact) mass is 291 g/mol. The molecular formula is C10H12F3N5S. The van der Waals surface area contributed by atoms with Gasteiger partial charge in [-0.05, 0) is 12.8 Å². The number of hydrogen-bond donors (Lipinski definition) is 1. The second-order valence-corrected chi connectivity index (χ2v) is 5.64. The van der Waals surface area contributed by atoms with Gasteiger partial charge in [-0.25, -0.2) is 0 Å². The molecule has 1 fully saturated rings. The van der Waals surface area contributed by atoms with Gasteiger partial charge >= 0.3 is 6.18 Å². The maximum atomic E-state index is 12.0. The minimum Gasteiger partial charge on any atom is -0.302 e. The number of rotatable bonds is 4. The minimum atomic E-state index is -4.20. The summed E-state index contributed by atoms with van der Waals surface area (Å²) in [4.78, 5) is 0.644. The Morgan fingerprint density at radius 3 is 2.74 bits per heavy atom. The molecule has 2 heterocycles. The number of halogens is 3. The summed E-state index contributed by atoms with van der Waals surface area (Å²) >= 11 is 1.27. The highest BCUT2D eigenvalue weighted by molar-refractivity contribution is 7.16. The van der Waals surface area contributed by atoms with Crippen molar-refractivity contribution in [1.29, 1.82) is 0 Å². The van der Waals surface area contributed by atoms with Crippen LogP contribution in [0.25, 0.3) is 4.96 Å². The van der Waals surface area contributed by atoms with Crippen molar-refractivity contribution in [2.45, 2.75) is 37.9 Å². The molecule has 19 heavy (non-hydrogen) atoms. The van der Waals surface area contributed by atoms with E-state index in [1.165, 1.54) is 17.8 Å². The van der Waals surface area contributed by atoms with E-state index in [1.54, 1.807) is 4.52 Å². The van der Waals surface area contributed by atoms with Gasteiger partial charge in [0, 0.05) is 5.92 Å². The largest absolute Gasteiger partial charge is 0.401 e. The predicted molar refractivity (Wildman–Crippen MR) is 63.0 cm³/mol. The van der Waals surface area contributed by atoms with Crippen LogP contribution < -0.4 is 5.32 Å². The van der Waals surface area contributed by atoms with Gasteiger partial charge in [0.1, 0.15) is 5.01 Å². The molecule has 0 unspecified atom stereocenters. The SMILES string of the molecule is FC(F)(F)CNCc1nn2c(C3CCC3)nnc2s1. The van der Waals surface area contributed by atoms with E-state index in [1.807, 2.05) is 0 Å². The maximum absolute atomic E-state index is 12.0. The van der Waals surface area contributed by atoms with Gasteiger partial charge in [-0.3, -0.25) is 0 Å². The van der Waals surface area contributed by atoms with Gasteiger partial charge in [0.2, 0.25) is 4.96 Å². The number of nitrogens with one attached hydrogen (secondary N) is 1. The quantitative estimate of drug-likeness (QED) is 0.937. The molecule has 2 aromatic rings. The second-order valence-electron chi connectivity index (χ2n) is 4.59. The lowest BCUT2D eigenvalue weighted by Gasteiger charge is -2.22. The standard InChI is InChI=1S/C10H12F3N5S/c11-10(12,13)5-14-4-7-17-18-8(6-2-1-3-6)15-16-9(18)19-7/h6,14H,1-5H2. The molecule has 104 valence electrons. The lowest BCUT2D eigenvalue weighted by molar-refractivity contribution is -0.125. The molecule has 1 aliphatic carbocycles. The van der Waals surface area contributed by atoms with Crippen LogP contribution in [0.3, 0.4) is 0 Å². The van der Waals surface area contributed by atoms with E-state index >= 15 is 0 Å². The van der Waals surface area contributed by atoms with E-state index in [9.17, 15) is 13.2 Å². The van der Waals surface area contributed by atoms with Gasteiger partial charge in [-0.2, -0.15) is 22.8 Å². The van der Waals surface area contributed by atoms with Gasteiger partial charge < -0.3 is 5.32 Å². The van der Waals surface area contributed by atoms with Gasteiger partial charge in [0.05, 0.1) is 13.1 Å². The van der Waals surface area contributed by atoms with Crippen LogP contribution >= 0.6 is 11.3 Å². The summed E-state index contributed by atoms with van der Waals surface area (Å²) in [5.74, 6) is 1.23. The first kappa shape index (κ1) is 12.8. The Labute approximate surface area is 110 Å². The highest BCUT2D eigenvalue weighted by Crippen LogP contribution is 2.35. The third kappa shape index (κ3) is 2.71. The van der Waals surface area contributed by atoms with Gasteiger partial charge in [0.25, 0.3) is 0 Å². The predicted octanol–water partition coefficient (Wildman–Crippen LogP) is 2.11. The number of hydrogen-bond acceptors (Lipinski definition) is 5. The van der Waals surface area contributed by atoms with Crippen LogP contribution in [0.15, 0.2) is 0 Å². The zero-order chi connectivity index (χ0) is 13.5. The lowest BCUT2D eigenvalue weighted by Crippen LogP contribution is -2.28. The van der Waals surface area contributed by atoms with Crippen molar-refractivity contribution in [1.82, 2.24) is 25.1 Å². The zero-order valence-corrected chi connectivity index (χ0v) is 10.8. The van der Waals surface area contributed by atoms with Crippen molar-refractivity contribution in [3.8, 4) is 0 Å². The van der Waals surface area contributed by atoms with Crippen LogP contribution in [0.5, 0.6) is 0 Å². The van der Waals surface area contributed by atoms with Crippen LogP contribution in [-0.4, -0.2) is 32.5 Å². The molecular weight excluding hydrogens is 279 g/mol. The summed E-state index contributed by atoms with van der Waals surface area (Å²) in [5, 5.41) is 15.3. The van der Waals surface area contributed by atoms with E-state index in [0.717, 1.165) is 18.7 Å². The normalized spacial score (nSPS) is 17.0. The molecule has 0 aliphatic heterocycles. The number of fused-ring (bicyclic) bond motifs is 1. The summed E-state index contributed by atoms with van der Waals surface area (Å²) in [6.45, 7) is -0.916. The first-order valence-electron chi connectivity index (χ1n) is 6.01. The Morgan fingerprint density at radius 1 is 1.32 bits per heavy atom. The molecule has 1 aliphatic rings.